The van der Waals surface area contributed by atoms with Gasteiger partial charge < -0.3 is 5.11 Å². The Morgan fingerprint density at radius 2 is 2.15 bits per heavy atom. The highest BCUT2D eigenvalue weighted by atomic mass is 19.1. The lowest BCUT2D eigenvalue weighted by Gasteiger charge is -1.99. The van der Waals surface area contributed by atoms with Gasteiger partial charge in [-0.15, -0.1) is 0 Å². The van der Waals surface area contributed by atoms with Crippen molar-refractivity contribution in [3.8, 4) is 0 Å². The van der Waals surface area contributed by atoms with Crippen LogP contribution in [0, 0.1) is 11.7 Å². The van der Waals surface area contributed by atoms with Crippen molar-refractivity contribution in [1.29, 1.82) is 0 Å². The van der Waals surface area contributed by atoms with Gasteiger partial charge in [0.05, 0.1) is 5.92 Å². The maximum atomic E-state index is 13.1. The van der Waals surface area contributed by atoms with Gasteiger partial charge in [-0.2, -0.15) is 0 Å². The molecule has 0 aliphatic heterocycles. The summed E-state index contributed by atoms with van der Waals surface area (Å²) in [6.45, 7) is 0. The van der Waals surface area contributed by atoms with Crippen LogP contribution in [0.5, 0.6) is 0 Å². The third kappa shape index (κ3) is 1.41. The molecule has 0 bridgehead atoms. The zero-order chi connectivity index (χ0) is 9.42. The molecule has 1 N–H and O–H groups in total. The van der Waals surface area contributed by atoms with Gasteiger partial charge in [-0.1, -0.05) is 18.2 Å². The van der Waals surface area contributed by atoms with Crippen LogP contribution in [-0.2, 0) is 4.79 Å². The maximum absolute atomic E-state index is 13.1. The zero-order valence-electron chi connectivity index (χ0n) is 6.90. The number of halogens is 1. The van der Waals surface area contributed by atoms with E-state index in [0.29, 0.717) is 12.0 Å². The van der Waals surface area contributed by atoms with Gasteiger partial charge in [0.1, 0.15) is 5.82 Å². The van der Waals surface area contributed by atoms with E-state index in [-0.39, 0.29) is 17.7 Å². The van der Waals surface area contributed by atoms with Crippen LogP contribution in [0.15, 0.2) is 24.3 Å². The Balaban J connectivity index is 2.21. The predicted molar refractivity (Wildman–Crippen MR) is 44.9 cm³/mol. The van der Waals surface area contributed by atoms with Crippen LogP contribution >= 0.6 is 0 Å². The van der Waals surface area contributed by atoms with Crippen LogP contribution in [0.25, 0.3) is 0 Å². The van der Waals surface area contributed by atoms with Crippen LogP contribution in [0.3, 0.4) is 0 Å². The van der Waals surface area contributed by atoms with E-state index in [9.17, 15) is 9.18 Å². The Bertz CT molecular complexity index is 349. The lowest BCUT2D eigenvalue weighted by Crippen LogP contribution is -1.99. The van der Waals surface area contributed by atoms with E-state index in [1.165, 1.54) is 6.07 Å². The molecule has 13 heavy (non-hydrogen) atoms. The van der Waals surface area contributed by atoms with Crippen molar-refractivity contribution in [3.05, 3.63) is 35.6 Å². The van der Waals surface area contributed by atoms with Gasteiger partial charge in [0.15, 0.2) is 0 Å². The number of carboxylic acid groups (broad SMARTS) is 1. The first-order chi connectivity index (χ1) is 6.20. The molecule has 68 valence electrons. The van der Waals surface area contributed by atoms with Crippen LogP contribution in [0.2, 0.25) is 0 Å². The fraction of sp³-hybridized carbons (Fsp3) is 0.300. The van der Waals surface area contributed by atoms with Crippen molar-refractivity contribution in [2.45, 2.75) is 12.3 Å². The molecule has 1 aliphatic carbocycles. The summed E-state index contributed by atoms with van der Waals surface area (Å²) in [5.41, 5.74) is 0.537. The molecule has 1 aromatic carbocycles. The first kappa shape index (κ1) is 8.23. The van der Waals surface area contributed by atoms with E-state index >= 15 is 0 Å². The molecular formula is C10H9FO2. The van der Waals surface area contributed by atoms with Gasteiger partial charge in [0, 0.05) is 5.92 Å². The standard InChI is InChI=1S/C10H9FO2/c11-9-4-2-1-3-6(9)7-5-8(7)10(12)13/h1-4,7-8H,5H2,(H,12,13)/t7-,8-/m1/s1. The Labute approximate surface area is 75.0 Å². The van der Waals surface area contributed by atoms with Crippen molar-refractivity contribution in [1.82, 2.24) is 0 Å². The number of aliphatic carboxylic acids is 1. The van der Waals surface area contributed by atoms with Gasteiger partial charge in [0.2, 0.25) is 0 Å². The van der Waals surface area contributed by atoms with Crippen LogP contribution in [-0.4, -0.2) is 11.1 Å². The molecule has 0 saturated heterocycles. The summed E-state index contributed by atoms with van der Waals surface area (Å²) in [4.78, 5) is 10.5. The normalized spacial score (nSPS) is 25.6. The topological polar surface area (TPSA) is 37.3 Å². The third-order valence-corrected chi connectivity index (χ3v) is 2.41. The number of carboxylic acids is 1. The number of benzene rings is 1. The minimum atomic E-state index is -0.826. The number of hydrogen-bond donors (Lipinski definition) is 1. The van der Waals surface area contributed by atoms with Crippen molar-refractivity contribution in [3.63, 3.8) is 0 Å². The second-order valence-electron chi connectivity index (χ2n) is 3.31. The second-order valence-corrected chi connectivity index (χ2v) is 3.31. The zero-order valence-corrected chi connectivity index (χ0v) is 6.90. The summed E-state index contributed by atoms with van der Waals surface area (Å²) in [6, 6.07) is 6.36. The van der Waals surface area contributed by atoms with Gasteiger partial charge >= 0.3 is 5.97 Å². The minimum absolute atomic E-state index is 0.112. The summed E-state index contributed by atoms with van der Waals surface area (Å²) in [5.74, 6) is -1.61. The molecule has 0 radical (unpaired) electrons. The van der Waals surface area contributed by atoms with Gasteiger partial charge in [-0.05, 0) is 18.1 Å². The molecule has 1 aliphatic rings. The predicted octanol–water partition coefficient (Wildman–Crippen LogP) is 2.01. The molecule has 0 amide bonds. The SMILES string of the molecule is O=C(O)[C@@H]1C[C@@H]1c1ccccc1F. The number of hydrogen-bond acceptors (Lipinski definition) is 1. The molecule has 2 rings (SSSR count). The van der Waals surface area contributed by atoms with E-state index in [4.69, 9.17) is 5.11 Å². The first-order valence-corrected chi connectivity index (χ1v) is 4.17. The van der Waals surface area contributed by atoms with Crippen molar-refractivity contribution >= 4 is 5.97 Å². The number of rotatable bonds is 2. The monoisotopic (exact) mass is 180 g/mol. The van der Waals surface area contributed by atoms with E-state index in [0.717, 1.165) is 0 Å². The van der Waals surface area contributed by atoms with E-state index < -0.39 is 5.97 Å². The highest BCUT2D eigenvalue weighted by Gasteiger charge is 2.45. The fourth-order valence-corrected chi connectivity index (χ4v) is 1.59. The first-order valence-electron chi connectivity index (χ1n) is 4.17. The minimum Gasteiger partial charge on any atom is -0.481 e. The van der Waals surface area contributed by atoms with Crippen LogP contribution in [0.4, 0.5) is 4.39 Å². The summed E-state index contributed by atoms with van der Waals surface area (Å²) < 4.78 is 13.1. The molecule has 2 atom stereocenters. The molecule has 3 heteroatoms. The maximum Gasteiger partial charge on any atom is 0.307 e. The summed E-state index contributed by atoms with van der Waals surface area (Å²) in [7, 11) is 0. The van der Waals surface area contributed by atoms with Crippen molar-refractivity contribution in [2.24, 2.45) is 5.92 Å². The van der Waals surface area contributed by atoms with Crippen molar-refractivity contribution in [2.75, 3.05) is 0 Å². The fourth-order valence-electron chi connectivity index (χ4n) is 1.59. The molecule has 0 heterocycles. The van der Waals surface area contributed by atoms with E-state index in [1.807, 2.05) is 0 Å². The van der Waals surface area contributed by atoms with Crippen molar-refractivity contribution < 1.29 is 14.3 Å². The largest absolute Gasteiger partial charge is 0.481 e. The Morgan fingerprint density at radius 3 is 2.69 bits per heavy atom. The van der Waals surface area contributed by atoms with Crippen LogP contribution < -0.4 is 0 Å². The van der Waals surface area contributed by atoms with E-state index in [2.05, 4.69) is 0 Å². The quantitative estimate of drug-likeness (QED) is 0.755. The molecular weight excluding hydrogens is 171 g/mol. The van der Waals surface area contributed by atoms with Gasteiger partial charge in [-0.25, -0.2) is 4.39 Å². The van der Waals surface area contributed by atoms with E-state index in [1.54, 1.807) is 18.2 Å². The van der Waals surface area contributed by atoms with Crippen LogP contribution in [0.1, 0.15) is 17.9 Å². The summed E-state index contributed by atoms with van der Waals surface area (Å²) in [5, 5.41) is 8.65. The second kappa shape index (κ2) is 2.83. The summed E-state index contributed by atoms with van der Waals surface area (Å²) >= 11 is 0. The highest BCUT2D eigenvalue weighted by Crippen LogP contribution is 2.48. The lowest BCUT2D eigenvalue weighted by atomic mass is 10.1. The molecule has 0 unspecified atom stereocenters. The lowest BCUT2D eigenvalue weighted by molar-refractivity contribution is -0.138. The molecule has 2 nitrogen and oxygen atoms in total. The average molecular weight is 180 g/mol. The summed E-state index contributed by atoms with van der Waals surface area (Å²) in [6.07, 6.45) is 0.566. The molecule has 1 saturated carbocycles. The third-order valence-electron chi connectivity index (χ3n) is 2.41. The highest BCUT2D eigenvalue weighted by molar-refractivity contribution is 5.75. The smallest absolute Gasteiger partial charge is 0.307 e. The Kier molecular flexibility index (Phi) is 1.79. The molecule has 0 spiro atoms. The Hall–Kier alpha value is -1.38. The Morgan fingerprint density at radius 1 is 1.46 bits per heavy atom. The average Bonchev–Trinajstić information content (AvgIpc) is 2.84. The van der Waals surface area contributed by atoms with Gasteiger partial charge in [-0.3, -0.25) is 4.79 Å². The molecule has 1 fully saturated rings. The van der Waals surface area contributed by atoms with Gasteiger partial charge in [0.25, 0.3) is 0 Å². The molecule has 1 aromatic rings. The number of carbonyl (C=O) groups is 1. The molecule has 0 aromatic heterocycles.